The lowest BCUT2D eigenvalue weighted by atomic mass is 9.95. The van der Waals surface area contributed by atoms with E-state index < -0.39 is 0 Å². The lowest BCUT2D eigenvalue weighted by Gasteiger charge is -2.15. The van der Waals surface area contributed by atoms with Crippen LogP contribution in [0.4, 0.5) is 0 Å². The highest BCUT2D eigenvalue weighted by Crippen LogP contribution is 2.36. The Morgan fingerprint density at radius 2 is 2.00 bits per heavy atom. The maximum absolute atomic E-state index is 5.53. The largest absolute Gasteiger partial charge is 0.375 e. The summed E-state index contributed by atoms with van der Waals surface area (Å²) in [5.74, 6) is 0.571. The second-order valence-corrected chi connectivity index (χ2v) is 7.50. The summed E-state index contributed by atoms with van der Waals surface area (Å²) >= 11 is 3.60. The summed E-state index contributed by atoms with van der Waals surface area (Å²) in [4.78, 5) is 8.20. The van der Waals surface area contributed by atoms with E-state index >= 15 is 0 Å². The highest BCUT2D eigenvalue weighted by molar-refractivity contribution is 9.10. The lowest BCUT2D eigenvalue weighted by Crippen LogP contribution is -2.03. The molecule has 0 fully saturated rings. The fraction of sp³-hybridized carbons (Fsp3) is 0.350. The Morgan fingerprint density at radius 3 is 2.71 bits per heavy atom. The van der Waals surface area contributed by atoms with Crippen molar-refractivity contribution in [3.63, 3.8) is 0 Å². The first-order valence-corrected chi connectivity index (χ1v) is 9.08. The minimum Gasteiger partial charge on any atom is -0.375 e. The Hall–Kier alpha value is -1.65. The van der Waals surface area contributed by atoms with E-state index in [1.807, 2.05) is 19.2 Å². The fourth-order valence-corrected chi connectivity index (χ4v) is 3.50. The van der Waals surface area contributed by atoms with Crippen molar-refractivity contribution >= 4 is 26.8 Å². The molecule has 0 saturated heterocycles. The molecule has 3 aromatic rings. The zero-order valence-corrected chi connectivity index (χ0v) is 16.1. The van der Waals surface area contributed by atoms with E-state index in [1.54, 1.807) is 7.11 Å². The first-order chi connectivity index (χ1) is 11.5. The van der Waals surface area contributed by atoms with E-state index in [9.17, 15) is 0 Å². The van der Waals surface area contributed by atoms with Crippen molar-refractivity contribution in [2.75, 3.05) is 7.11 Å². The van der Waals surface area contributed by atoms with Gasteiger partial charge in [-0.2, -0.15) is 0 Å². The number of ether oxygens (including phenoxy) is 1. The number of nitrogens with one attached hydrogen (secondary N) is 1. The number of H-pyrrole nitrogens is 1. The third-order valence-electron chi connectivity index (χ3n) is 4.33. The number of rotatable bonds is 5. The number of fused-ring (bicyclic) bond motifs is 1. The van der Waals surface area contributed by atoms with Crippen LogP contribution in [-0.2, 0) is 11.2 Å². The molecule has 126 valence electrons. The van der Waals surface area contributed by atoms with Gasteiger partial charge in [-0.1, -0.05) is 29.8 Å². The van der Waals surface area contributed by atoms with Gasteiger partial charge in [0.05, 0.1) is 17.5 Å². The molecule has 2 aromatic heterocycles. The second kappa shape index (κ2) is 7.08. The van der Waals surface area contributed by atoms with Gasteiger partial charge >= 0.3 is 0 Å². The number of nitrogens with zero attached hydrogens (tertiary/aromatic N) is 1. The average Bonchev–Trinajstić information content (AvgIpc) is 2.91. The molecule has 1 atom stereocenters. The van der Waals surface area contributed by atoms with Crippen LogP contribution < -0.4 is 0 Å². The summed E-state index contributed by atoms with van der Waals surface area (Å²) in [6.07, 6.45) is 2.79. The van der Waals surface area contributed by atoms with Crippen molar-refractivity contribution in [2.45, 2.75) is 33.3 Å². The van der Waals surface area contributed by atoms with E-state index in [0.717, 1.165) is 33.4 Å². The number of benzene rings is 1. The van der Waals surface area contributed by atoms with E-state index in [1.165, 1.54) is 10.9 Å². The van der Waals surface area contributed by atoms with Crippen LogP contribution in [0.1, 0.15) is 38.1 Å². The SMILES string of the molecule is CO[C@@H](C)c1ncccc1-c1[nH]c2ccc(Br)cc2c1CC(C)C. The molecule has 0 saturated carbocycles. The molecule has 3 nitrogen and oxygen atoms in total. The van der Waals surface area contributed by atoms with Gasteiger partial charge in [-0.05, 0) is 55.2 Å². The van der Waals surface area contributed by atoms with Gasteiger partial charge in [0.15, 0.2) is 0 Å². The standard InChI is InChI=1S/C20H23BrN2O/c1-12(2)10-17-16-11-14(21)7-8-18(16)23-20(17)15-6-5-9-22-19(15)13(3)24-4/h5-9,11-13,23H,10H2,1-4H3/t13-/m0/s1. The van der Waals surface area contributed by atoms with Crippen LogP contribution in [0, 0.1) is 5.92 Å². The Kier molecular flexibility index (Phi) is 5.07. The molecule has 0 bridgehead atoms. The number of halogens is 1. The second-order valence-electron chi connectivity index (χ2n) is 6.58. The fourth-order valence-electron chi connectivity index (χ4n) is 3.13. The van der Waals surface area contributed by atoms with Gasteiger partial charge in [0.1, 0.15) is 0 Å². The summed E-state index contributed by atoms with van der Waals surface area (Å²) in [6.45, 7) is 6.54. The van der Waals surface area contributed by atoms with Crippen molar-refractivity contribution < 1.29 is 4.74 Å². The van der Waals surface area contributed by atoms with E-state index in [-0.39, 0.29) is 6.10 Å². The molecule has 0 spiro atoms. The lowest BCUT2D eigenvalue weighted by molar-refractivity contribution is 0.116. The summed E-state index contributed by atoms with van der Waals surface area (Å²) in [7, 11) is 1.72. The number of hydrogen-bond donors (Lipinski definition) is 1. The quantitative estimate of drug-likeness (QED) is 0.592. The van der Waals surface area contributed by atoms with E-state index in [0.29, 0.717) is 5.92 Å². The zero-order valence-electron chi connectivity index (χ0n) is 14.6. The molecule has 3 rings (SSSR count). The first-order valence-electron chi connectivity index (χ1n) is 8.29. The maximum atomic E-state index is 5.53. The molecule has 0 unspecified atom stereocenters. The molecule has 24 heavy (non-hydrogen) atoms. The highest BCUT2D eigenvalue weighted by atomic mass is 79.9. The minimum absolute atomic E-state index is 0.0498. The molecule has 1 aromatic carbocycles. The molecule has 0 radical (unpaired) electrons. The number of aromatic amines is 1. The Morgan fingerprint density at radius 1 is 1.21 bits per heavy atom. The topological polar surface area (TPSA) is 37.9 Å². The number of pyridine rings is 1. The third kappa shape index (κ3) is 3.26. The highest BCUT2D eigenvalue weighted by Gasteiger charge is 2.19. The monoisotopic (exact) mass is 386 g/mol. The third-order valence-corrected chi connectivity index (χ3v) is 4.82. The Labute approximate surface area is 151 Å². The predicted octanol–water partition coefficient (Wildman–Crippen LogP) is 5.90. The van der Waals surface area contributed by atoms with Crippen LogP contribution in [0.2, 0.25) is 0 Å². The van der Waals surface area contributed by atoms with Crippen LogP contribution in [0.3, 0.4) is 0 Å². The summed E-state index contributed by atoms with van der Waals surface area (Å²) in [6, 6.07) is 10.5. The van der Waals surface area contributed by atoms with Gasteiger partial charge in [-0.25, -0.2) is 0 Å². The van der Waals surface area contributed by atoms with Crippen molar-refractivity contribution in [3.8, 4) is 11.3 Å². The smallest absolute Gasteiger partial charge is 0.0969 e. The van der Waals surface area contributed by atoms with Gasteiger partial charge in [-0.3, -0.25) is 4.98 Å². The molecule has 4 heteroatoms. The van der Waals surface area contributed by atoms with Crippen molar-refractivity contribution in [1.82, 2.24) is 9.97 Å². The Balaban J connectivity index is 2.26. The zero-order chi connectivity index (χ0) is 17.3. The van der Waals surface area contributed by atoms with E-state index in [4.69, 9.17) is 4.74 Å². The van der Waals surface area contributed by atoms with Crippen molar-refractivity contribution in [1.29, 1.82) is 0 Å². The summed E-state index contributed by atoms with van der Waals surface area (Å²) in [5.41, 5.74) is 5.75. The maximum Gasteiger partial charge on any atom is 0.0969 e. The molecular formula is C20H23BrN2O. The molecule has 2 heterocycles. The van der Waals surface area contributed by atoms with Gasteiger partial charge < -0.3 is 9.72 Å². The minimum atomic E-state index is -0.0498. The van der Waals surface area contributed by atoms with Crippen molar-refractivity contribution in [3.05, 3.63) is 52.3 Å². The van der Waals surface area contributed by atoms with Gasteiger partial charge in [-0.15, -0.1) is 0 Å². The molecule has 0 aliphatic rings. The normalized spacial score (nSPS) is 12.9. The number of aromatic nitrogens is 2. The van der Waals surface area contributed by atoms with E-state index in [2.05, 4.69) is 64.0 Å². The molecule has 1 N–H and O–H groups in total. The average molecular weight is 387 g/mol. The predicted molar refractivity (Wildman–Crippen MR) is 103 cm³/mol. The van der Waals surface area contributed by atoms with Gasteiger partial charge in [0, 0.05) is 34.2 Å². The van der Waals surface area contributed by atoms with Crippen LogP contribution in [0.15, 0.2) is 41.0 Å². The molecule has 0 amide bonds. The Bertz CT molecular complexity index is 854. The van der Waals surface area contributed by atoms with Crippen LogP contribution >= 0.6 is 15.9 Å². The van der Waals surface area contributed by atoms with Gasteiger partial charge in [0.2, 0.25) is 0 Å². The first kappa shape index (κ1) is 17.2. The van der Waals surface area contributed by atoms with Crippen LogP contribution in [0.5, 0.6) is 0 Å². The molecular weight excluding hydrogens is 364 g/mol. The summed E-state index contributed by atoms with van der Waals surface area (Å²) < 4.78 is 6.63. The number of methoxy groups -OCH3 is 1. The summed E-state index contributed by atoms with van der Waals surface area (Å²) in [5, 5.41) is 1.27. The molecule has 0 aliphatic heterocycles. The van der Waals surface area contributed by atoms with Crippen LogP contribution in [-0.4, -0.2) is 17.1 Å². The molecule has 0 aliphatic carbocycles. The van der Waals surface area contributed by atoms with Crippen LogP contribution in [0.25, 0.3) is 22.2 Å². The number of hydrogen-bond acceptors (Lipinski definition) is 2. The van der Waals surface area contributed by atoms with Gasteiger partial charge in [0.25, 0.3) is 0 Å². The van der Waals surface area contributed by atoms with Crippen molar-refractivity contribution in [2.24, 2.45) is 5.92 Å².